The van der Waals surface area contributed by atoms with Crippen molar-refractivity contribution in [2.75, 3.05) is 62.8 Å². The Labute approximate surface area is 172 Å². The van der Waals surface area contributed by atoms with E-state index in [1.807, 2.05) is 40.9 Å². The fourth-order valence-corrected chi connectivity index (χ4v) is 4.55. The van der Waals surface area contributed by atoms with E-state index in [1.165, 1.54) is 0 Å². The van der Waals surface area contributed by atoms with Gasteiger partial charge in [-0.25, -0.2) is 4.79 Å². The van der Waals surface area contributed by atoms with Crippen molar-refractivity contribution in [1.29, 1.82) is 0 Å². The van der Waals surface area contributed by atoms with Crippen LogP contribution in [-0.4, -0.2) is 79.4 Å². The average molecular weight is 408 g/mol. The first-order valence-electron chi connectivity index (χ1n) is 10.4. The van der Waals surface area contributed by atoms with Crippen LogP contribution >= 0.6 is 11.8 Å². The maximum atomic E-state index is 13.0. The van der Waals surface area contributed by atoms with Crippen LogP contribution < -0.4 is 10.1 Å². The number of amides is 2. The lowest BCUT2D eigenvalue weighted by molar-refractivity contribution is 0.0288. The molecule has 3 rings (SSSR count). The van der Waals surface area contributed by atoms with Crippen LogP contribution in [0.5, 0.6) is 5.75 Å². The summed E-state index contributed by atoms with van der Waals surface area (Å²) in [7, 11) is 0. The van der Waals surface area contributed by atoms with Crippen molar-refractivity contribution in [1.82, 2.24) is 9.80 Å². The molecule has 0 bridgehead atoms. The van der Waals surface area contributed by atoms with Crippen molar-refractivity contribution >= 4 is 23.5 Å². The minimum absolute atomic E-state index is 0.000380. The van der Waals surface area contributed by atoms with Crippen molar-refractivity contribution in [2.45, 2.75) is 32.2 Å². The number of nitrogens with zero attached hydrogens (tertiary/aromatic N) is 2. The number of hydrogen-bond donors (Lipinski definition) is 1. The number of morpholine rings is 1. The lowest BCUT2D eigenvalue weighted by Crippen LogP contribution is -2.51. The Morgan fingerprint density at radius 2 is 2.04 bits per heavy atom. The molecule has 1 aromatic carbocycles. The summed E-state index contributed by atoms with van der Waals surface area (Å²) in [5, 5.41) is 3.08. The quantitative estimate of drug-likeness (QED) is 0.701. The standard InChI is InChI=1S/C21H33N3O3S/c1-2-3-12-27-20-7-5-18(6-8-20)22-21(25)24-9-4-15-28-17-19(24)16-23-10-13-26-14-11-23/h5-8,19H,2-4,9-17H2,1H3,(H,22,25). The van der Waals surface area contributed by atoms with Crippen molar-refractivity contribution in [2.24, 2.45) is 0 Å². The number of benzene rings is 1. The van der Waals surface area contributed by atoms with Crippen LogP contribution in [0.25, 0.3) is 0 Å². The summed E-state index contributed by atoms with van der Waals surface area (Å²) in [6.45, 7) is 8.11. The second-order valence-corrected chi connectivity index (χ2v) is 8.50. The van der Waals surface area contributed by atoms with Gasteiger partial charge in [-0.2, -0.15) is 11.8 Å². The van der Waals surface area contributed by atoms with Gasteiger partial charge in [0.2, 0.25) is 0 Å². The topological polar surface area (TPSA) is 54.0 Å². The molecule has 6 nitrogen and oxygen atoms in total. The Morgan fingerprint density at radius 1 is 1.25 bits per heavy atom. The molecule has 1 unspecified atom stereocenters. The number of ether oxygens (including phenoxy) is 2. The van der Waals surface area contributed by atoms with E-state index in [4.69, 9.17) is 9.47 Å². The van der Waals surface area contributed by atoms with Crippen molar-refractivity contribution < 1.29 is 14.3 Å². The molecule has 1 N–H and O–H groups in total. The van der Waals surface area contributed by atoms with E-state index in [2.05, 4.69) is 17.1 Å². The van der Waals surface area contributed by atoms with Gasteiger partial charge in [-0.05, 0) is 42.9 Å². The van der Waals surface area contributed by atoms with Gasteiger partial charge < -0.3 is 19.7 Å². The van der Waals surface area contributed by atoms with E-state index in [0.717, 1.165) is 88.2 Å². The van der Waals surface area contributed by atoms with E-state index in [0.29, 0.717) is 0 Å². The van der Waals surface area contributed by atoms with Gasteiger partial charge in [0.1, 0.15) is 5.75 Å². The molecule has 2 saturated heterocycles. The summed E-state index contributed by atoms with van der Waals surface area (Å²) in [6.07, 6.45) is 3.21. The molecule has 0 saturated carbocycles. The molecular weight excluding hydrogens is 374 g/mol. The summed E-state index contributed by atoms with van der Waals surface area (Å²) in [5.74, 6) is 2.96. The van der Waals surface area contributed by atoms with Gasteiger partial charge in [-0.3, -0.25) is 4.90 Å². The number of carbonyl (C=O) groups is 1. The van der Waals surface area contributed by atoms with Gasteiger partial charge in [-0.15, -0.1) is 0 Å². The van der Waals surface area contributed by atoms with Crippen LogP contribution in [0.3, 0.4) is 0 Å². The number of hydrogen-bond acceptors (Lipinski definition) is 5. The molecule has 0 spiro atoms. The molecule has 156 valence electrons. The summed E-state index contributed by atoms with van der Waals surface area (Å²) in [5.41, 5.74) is 0.815. The Morgan fingerprint density at radius 3 is 2.79 bits per heavy atom. The third-order valence-electron chi connectivity index (χ3n) is 5.14. The third-order valence-corrected chi connectivity index (χ3v) is 6.34. The highest BCUT2D eigenvalue weighted by Crippen LogP contribution is 2.21. The van der Waals surface area contributed by atoms with Crippen LogP contribution in [0.1, 0.15) is 26.2 Å². The number of nitrogens with one attached hydrogen (secondary N) is 1. The Balaban J connectivity index is 1.56. The normalized spacial score (nSPS) is 21.2. The number of carbonyl (C=O) groups excluding carboxylic acids is 1. The van der Waals surface area contributed by atoms with E-state index in [1.54, 1.807) is 0 Å². The first-order valence-corrected chi connectivity index (χ1v) is 11.6. The van der Waals surface area contributed by atoms with Crippen LogP contribution in [0.2, 0.25) is 0 Å². The van der Waals surface area contributed by atoms with E-state index in [-0.39, 0.29) is 12.1 Å². The van der Waals surface area contributed by atoms with Crippen molar-refractivity contribution in [3.05, 3.63) is 24.3 Å². The second kappa shape index (κ2) is 11.5. The molecule has 2 fully saturated rings. The highest BCUT2D eigenvalue weighted by atomic mass is 32.2. The van der Waals surface area contributed by atoms with E-state index < -0.39 is 0 Å². The predicted molar refractivity (Wildman–Crippen MR) is 116 cm³/mol. The molecule has 28 heavy (non-hydrogen) atoms. The number of thioether (sulfide) groups is 1. The summed E-state index contributed by atoms with van der Waals surface area (Å²) < 4.78 is 11.2. The molecular formula is C21H33N3O3S. The smallest absolute Gasteiger partial charge is 0.322 e. The predicted octanol–water partition coefficient (Wildman–Crippen LogP) is 3.54. The summed E-state index contributed by atoms with van der Waals surface area (Å²) >= 11 is 1.96. The molecule has 2 heterocycles. The number of anilines is 1. The first-order chi connectivity index (χ1) is 13.8. The van der Waals surface area contributed by atoms with Crippen LogP contribution in [0.15, 0.2) is 24.3 Å². The lowest BCUT2D eigenvalue weighted by Gasteiger charge is -2.35. The molecule has 1 aromatic rings. The van der Waals surface area contributed by atoms with Gasteiger partial charge in [0.05, 0.1) is 25.9 Å². The Bertz CT molecular complexity index is 593. The minimum Gasteiger partial charge on any atom is -0.494 e. The second-order valence-electron chi connectivity index (χ2n) is 7.35. The molecule has 0 aliphatic carbocycles. The third kappa shape index (κ3) is 6.57. The zero-order valence-corrected chi connectivity index (χ0v) is 17.7. The van der Waals surface area contributed by atoms with Crippen molar-refractivity contribution in [3.8, 4) is 5.75 Å². The van der Waals surface area contributed by atoms with Gasteiger partial charge in [0.15, 0.2) is 0 Å². The Hall–Kier alpha value is -1.44. The molecule has 1 atom stereocenters. The minimum atomic E-state index is 0.000380. The lowest BCUT2D eigenvalue weighted by atomic mass is 10.2. The van der Waals surface area contributed by atoms with Crippen LogP contribution in [0, 0.1) is 0 Å². The largest absolute Gasteiger partial charge is 0.494 e. The molecule has 2 aliphatic heterocycles. The van der Waals surface area contributed by atoms with E-state index in [9.17, 15) is 4.79 Å². The molecule has 2 aliphatic rings. The average Bonchev–Trinajstić information content (AvgIpc) is 2.96. The number of urea groups is 1. The zero-order valence-electron chi connectivity index (χ0n) is 16.9. The van der Waals surface area contributed by atoms with Gasteiger partial charge in [0.25, 0.3) is 0 Å². The summed E-state index contributed by atoms with van der Waals surface area (Å²) in [6, 6.07) is 7.93. The number of unbranched alkanes of at least 4 members (excludes halogenated alkanes) is 1. The fourth-order valence-electron chi connectivity index (χ4n) is 3.49. The SMILES string of the molecule is CCCCOc1ccc(NC(=O)N2CCCSCC2CN2CCOCC2)cc1. The van der Waals surface area contributed by atoms with Gasteiger partial charge in [0, 0.05) is 37.6 Å². The molecule has 0 aromatic heterocycles. The highest BCUT2D eigenvalue weighted by molar-refractivity contribution is 7.99. The molecule has 0 radical (unpaired) electrons. The number of rotatable bonds is 7. The zero-order chi connectivity index (χ0) is 19.6. The fraction of sp³-hybridized carbons (Fsp3) is 0.667. The van der Waals surface area contributed by atoms with Gasteiger partial charge >= 0.3 is 6.03 Å². The maximum absolute atomic E-state index is 13.0. The molecule has 7 heteroatoms. The van der Waals surface area contributed by atoms with Crippen LogP contribution in [0.4, 0.5) is 10.5 Å². The van der Waals surface area contributed by atoms with Crippen LogP contribution in [-0.2, 0) is 4.74 Å². The Kier molecular flexibility index (Phi) is 8.76. The molecule has 2 amide bonds. The van der Waals surface area contributed by atoms with Crippen molar-refractivity contribution in [3.63, 3.8) is 0 Å². The summed E-state index contributed by atoms with van der Waals surface area (Å²) in [4.78, 5) is 17.4. The van der Waals surface area contributed by atoms with E-state index >= 15 is 0 Å². The maximum Gasteiger partial charge on any atom is 0.322 e. The van der Waals surface area contributed by atoms with Gasteiger partial charge in [-0.1, -0.05) is 13.3 Å². The first kappa shape index (κ1) is 21.3. The monoisotopic (exact) mass is 407 g/mol. The highest BCUT2D eigenvalue weighted by Gasteiger charge is 2.28.